The average Bonchev–Trinajstić information content (AvgIpc) is 2.29. The van der Waals surface area contributed by atoms with Crippen molar-refractivity contribution in [2.75, 3.05) is 5.73 Å². The Morgan fingerprint density at radius 3 is 2.81 bits per heavy atom. The van der Waals surface area contributed by atoms with Gasteiger partial charge in [0.1, 0.15) is 0 Å². The maximum Gasteiger partial charge on any atom is 0.0963 e. The number of halogens is 1. The minimum Gasteiger partial charge on any atom is -0.398 e. The molecule has 0 aliphatic carbocycles. The second kappa shape index (κ2) is 5.23. The molecule has 0 saturated carbocycles. The van der Waals surface area contributed by atoms with E-state index in [1.165, 1.54) is 0 Å². The fraction of sp³-hybridized carbons (Fsp3) is 0.0833. The van der Waals surface area contributed by atoms with Gasteiger partial charge in [-0.15, -0.1) is 11.8 Å². The smallest absolute Gasteiger partial charge is 0.0963 e. The van der Waals surface area contributed by atoms with Crippen LogP contribution < -0.4 is 5.73 Å². The molecule has 2 aromatic rings. The quantitative estimate of drug-likeness (QED) is 0.668. The molecule has 0 spiro atoms. The predicted molar refractivity (Wildman–Crippen MR) is 69.7 cm³/mol. The number of thioether (sulfide) groups is 1. The van der Waals surface area contributed by atoms with Crippen LogP contribution in [0.4, 0.5) is 5.69 Å². The summed E-state index contributed by atoms with van der Waals surface area (Å²) < 4.78 is 0. The number of nitrogen functional groups attached to an aromatic ring is 1. The minimum absolute atomic E-state index is 0.670. The van der Waals surface area contributed by atoms with Gasteiger partial charge in [0.2, 0.25) is 0 Å². The molecule has 0 aliphatic rings. The van der Waals surface area contributed by atoms with Crippen LogP contribution in [-0.2, 0) is 5.75 Å². The molecular formula is C12H11ClN2S. The van der Waals surface area contributed by atoms with Gasteiger partial charge >= 0.3 is 0 Å². The minimum atomic E-state index is 0.670. The number of nitrogens with two attached hydrogens (primary N) is 1. The molecule has 2 N–H and O–H groups in total. The van der Waals surface area contributed by atoms with E-state index in [1.54, 1.807) is 24.0 Å². The summed E-state index contributed by atoms with van der Waals surface area (Å²) in [7, 11) is 0. The van der Waals surface area contributed by atoms with Crippen molar-refractivity contribution >= 4 is 29.1 Å². The molecule has 0 bridgehead atoms. The van der Waals surface area contributed by atoms with E-state index in [2.05, 4.69) is 4.98 Å². The van der Waals surface area contributed by atoms with Crippen molar-refractivity contribution in [1.82, 2.24) is 4.98 Å². The number of anilines is 1. The van der Waals surface area contributed by atoms with Gasteiger partial charge in [-0.2, -0.15) is 0 Å². The van der Waals surface area contributed by atoms with Gasteiger partial charge in [0, 0.05) is 22.7 Å². The lowest BCUT2D eigenvalue weighted by Crippen LogP contribution is -1.92. The SMILES string of the molecule is Nc1cc(Cl)ccc1CSc1ccccn1. The Hall–Kier alpha value is -1.19. The molecule has 2 nitrogen and oxygen atoms in total. The highest BCUT2D eigenvalue weighted by Gasteiger charge is 2.01. The summed E-state index contributed by atoms with van der Waals surface area (Å²) in [5, 5.41) is 1.67. The van der Waals surface area contributed by atoms with E-state index < -0.39 is 0 Å². The Bertz CT molecular complexity index is 474. The number of pyridine rings is 1. The lowest BCUT2D eigenvalue weighted by molar-refractivity contribution is 1.13. The van der Waals surface area contributed by atoms with E-state index in [4.69, 9.17) is 17.3 Å². The van der Waals surface area contributed by atoms with Gasteiger partial charge in [0.05, 0.1) is 5.03 Å². The van der Waals surface area contributed by atoms with Gasteiger partial charge in [-0.25, -0.2) is 4.98 Å². The third-order valence-electron chi connectivity index (χ3n) is 2.12. The largest absolute Gasteiger partial charge is 0.398 e. The van der Waals surface area contributed by atoms with Crippen LogP contribution in [0.5, 0.6) is 0 Å². The lowest BCUT2D eigenvalue weighted by atomic mass is 10.2. The molecule has 1 heterocycles. The molecule has 0 fully saturated rings. The van der Waals surface area contributed by atoms with Crippen molar-refractivity contribution in [3.8, 4) is 0 Å². The van der Waals surface area contributed by atoms with Gasteiger partial charge in [0.25, 0.3) is 0 Å². The summed E-state index contributed by atoms with van der Waals surface area (Å²) in [6.07, 6.45) is 1.79. The zero-order valence-corrected chi connectivity index (χ0v) is 10.1. The number of hydrogen-bond acceptors (Lipinski definition) is 3. The number of benzene rings is 1. The Morgan fingerprint density at radius 2 is 2.12 bits per heavy atom. The lowest BCUT2D eigenvalue weighted by Gasteiger charge is -2.05. The van der Waals surface area contributed by atoms with E-state index in [1.807, 2.05) is 30.3 Å². The molecule has 0 radical (unpaired) electrons. The van der Waals surface area contributed by atoms with Crippen LogP contribution in [0.15, 0.2) is 47.6 Å². The molecular weight excluding hydrogens is 240 g/mol. The maximum atomic E-state index is 5.87. The van der Waals surface area contributed by atoms with Crippen LogP contribution in [0.1, 0.15) is 5.56 Å². The summed E-state index contributed by atoms with van der Waals surface area (Å²) in [5.74, 6) is 0.806. The van der Waals surface area contributed by atoms with E-state index in [0.717, 1.165) is 22.0 Å². The fourth-order valence-electron chi connectivity index (χ4n) is 1.28. The second-order valence-electron chi connectivity index (χ2n) is 3.30. The highest BCUT2D eigenvalue weighted by Crippen LogP contribution is 2.25. The molecule has 0 aliphatic heterocycles. The third kappa shape index (κ3) is 2.90. The van der Waals surface area contributed by atoms with Crippen LogP contribution in [0, 0.1) is 0 Å². The summed E-state index contributed by atoms with van der Waals surface area (Å²) in [5.41, 5.74) is 7.68. The second-order valence-corrected chi connectivity index (χ2v) is 4.73. The molecule has 2 rings (SSSR count). The first-order chi connectivity index (χ1) is 7.75. The van der Waals surface area contributed by atoms with Crippen molar-refractivity contribution < 1.29 is 0 Å². The standard InChI is InChI=1S/C12H11ClN2S/c13-10-5-4-9(11(14)7-10)8-16-12-3-1-2-6-15-12/h1-7H,8,14H2. The number of aromatic nitrogens is 1. The van der Waals surface area contributed by atoms with Crippen LogP contribution in [0.25, 0.3) is 0 Å². The average molecular weight is 251 g/mol. The first-order valence-electron chi connectivity index (χ1n) is 4.83. The topological polar surface area (TPSA) is 38.9 Å². The van der Waals surface area contributed by atoms with Crippen molar-refractivity contribution in [2.45, 2.75) is 10.8 Å². The van der Waals surface area contributed by atoms with Gasteiger partial charge < -0.3 is 5.73 Å². The van der Waals surface area contributed by atoms with Gasteiger partial charge in [-0.3, -0.25) is 0 Å². The van der Waals surface area contributed by atoms with E-state index in [-0.39, 0.29) is 0 Å². The first kappa shape index (κ1) is 11.3. The van der Waals surface area contributed by atoms with Crippen LogP contribution in [0.3, 0.4) is 0 Å². The van der Waals surface area contributed by atoms with Crippen LogP contribution in [0.2, 0.25) is 5.02 Å². The summed E-state index contributed by atoms with van der Waals surface area (Å²) in [4.78, 5) is 4.24. The normalized spacial score (nSPS) is 10.3. The van der Waals surface area contributed by atoms with Gasteiger partial charge in [-0.1, -0.05) is 23.7 Å². The monoisotopic (exact) mass is 250 g/mol. The molecule has 0 saturated heterocycles. The summed E-state index contributed by atoms with van der Waals surface area (Å²) >= 11 is 7.49. The molecule has 16 heavy (non-hydrogen) atoms. The third-order valence-corrected chi connectivity index (χ3v) is 3.35. The number of rotatable bonds is 3. The molecule has 1 aromatic heterocycles. The van der Waals surface area contributed by atoms with Crippen LogP contribution in [-0.4, -0.2) is 4.98 Å². The molecule has 1 aromatic carbocycles. The van der Waals surface area contributed by atoms with E-state index >= 15 is 0 Å². The summed E-state index contributed by atoms with van der Waals surface area (Å²) in [6, 6.07) is 11.4. The Morgan fingerprint density at radius 1 is 1.25 bits per heavy atom. The van der Waals surface area contributed by atoms with E-state index in [9.17, 15) is 0 Å². The van der Waals surface area contributed by atoms with Crippen molar-refractivity contribution in [3.63, 3.8) is 0 Å². The number of nitrogens with zero attached hydrogens (tertiary/aromatic N) is 1. The van der Waals surface area contributed by atoms with Gasteiger partial charge in [-0.05, 0) is 29.8 Å². The zero-order chi connectivity index (χ0) is 11.4. The van der Waals surface area contributed by atoms with Crippen LogP contribution >= 0.6 is 23.4 Å². The van der Waals surface area contributed by atoms with Crippen molar-refractivity contribution in [1.29, 1.82) is 0 Å². The fourth-order valence-corrected chi connectivity index (χ4v) is 2.34. The van der Waals surface area contributed by atoms with Gasteiger partial charge in [0.15, 0.2) is 0 Å². The van der Waals surface area contributed by atoms with Crippen molar-refractivity contribution in [3.05, 3.63) is 53.2 Å². The first-order valence-corrected chi connectivity index (χ1v) is 6.20. The Labute approximate surface area is 104 Å². The van der Waals surface area contributed by atoms with E-state index in [0.29, 0.717) is 5.02 Å². The molecule has 4 heteroatoms. The molecule has 82 valence electrons. The molecule has 0 amide bonds. The zero-order valence-electron chi connectivity index (χ0n) is 8.56. The summed E-state index contributed by atoms with van der Waals surface area (Å²) in [6.45, 7) is 0. The Kier molecular flexibility index (Phi) is 3.70. The highest BCUT2D eigenvalue weighted by atomic mass is 35.5. The number of hydrogen-bond donors (Lipinski definition) is 1. The Balaban J connectivity index is 2.05. The molecule has 0 unspecified atom stereocenters. The highest BCUT2D eigenvalue weighted by molar-refractivity contribution is 7.98. The predicted octanol–water partition coefficient (Wildman–Crippen LogP) is 3.61. The maximum absolute atomic E-state index is 5.87. The van der Waals surface area contributed by atoms with Crippen molar-refractivity contribution in [2.24, 2.45) is 0 Å². The molecule has 0 atom stereocenters.